The second kappa shape index (κ2) is 8.19. The first-order valence-corrected chi connectivity index (χ1v) is 9.33. The van der Waals surface area contributed by atoms with Crippen LogP contribution in [0.25, 0.3) is 10.7 Å². The average molecular weight is 435 g/mol. The van der Waals surface area contributed by atoms with Crippen LogP contribution in [0.1, 0.15) is 5.56 Å². The Bertz CT molecular complexity index is 925. The van der Waals surface area contributed by atoms with Crippen molar-refractivity contribution in [2.24, 2.45) is 0 Å². The van der Waals surface area contributed by atoms with Crippen molar-refractivity contribution in [3.05, 3.63) is 45.7 Å². The molecule has 2 amide bonds. The van der Waals surface area contributed by atoms with Crippen LogP contribution >= 0.6 is 27.3 Å². The Labute approximate surface area is 161 Å². The molecule has 8 nitrogen and oxygen atoms in total. The third-order valence-electron chi connectivity index (χ3n) is 3.39. The Hall–Kier alpha value is -2.59. The van der Waals surface area contributed by atoms with E-state index in [9.17, 15) is 9.59 Å². The summed E-state index contributed by atoms with van der Waals surface area (Å²) in [7, 11) is 0. The third kappa shape index (κ3) is 4.73. The molecule has 2 aromatic heterocycles. The number of hydrogen-bond donors (Lipinski definition) is 2. The summed E-state index contributed by atoms with van der Waals surface area (Å²) < 4.78 is 0.934. The fourth-order valence-electron chi connectivity index (χ4n) is 2.14. The van der Waals surface area contributed by atoms with E-state index in [1.807, 2.05) is 36.6 Å². The van der Waals surface area contributed by atoms with Crippen molar-refractivity contribution in [2.75, 3.05) is 11.9 Å². The summed E-state index contributed by atoms with van der Waals surface area (Å²) in [6.45, 7) is 1.64. The van der Waals surface area contributed by atoms with Gasteiger partial charge in [-0.25, -0.2) is 0 Å². The van der Waals surface area contributed by atoms with Gasteiger partial charge in [0.25, 0.3) is 0 Å². The molecule has 134 valence electrons. The molecule has 26 heavy (non-hydrogen) atoms. The molecule has 2 heterocycles. The zero-order valence-corrected chi connectivity index (χ0v) is 16.2. The summed E-state index contributed by atoms with van der Waals surface area (Å²) in [6, 6.07) is 9.29. The van der Waals surface area contributed by atoms with Crippen LogP contribution in [0.5, 0.6) is 0 Å². The first kappa shape index (κ1) is 18.2. The molecule has 0 fully saturated rings. The maximum atomic E-state index is 12.0. The van der Waals surface area contributed by atoms with Gasteiger partial charge in [0, 0.05) is 10.2 Å². The number of rotatable bonds is 6. The molecule has 3 aromatic rings. The Balaban J connectivity index is 1.48. The molecule has 1 aromatic carbocycles. The van der Waals surface area contributed by atoms with Crippen LogP contribution in [0.3, 0.4) is 0 Å². The van der Waals surface area contributed by atoms with Crippen LogP contribution in [0, 0.1) is 6.92 Å². The van der Waals surface area contributed by atoms with Crippen molar-refractivity contribution in [1.29, 1.82) is 0 Å². The zero-order valence-electron chi connectivity index (χ0n) is 13.8. The number of amides is 2. The van der Waals surface area contributed by atoms with Crippen LogP contribution < -0.4 is 10.6 Å². The Morgan fingerprint density at radius 1 is 1.27 bits per heavy atom. The van der Waals surface area contributed by atoms with Gasteiger partial charge in [-0.15, -0.1) is 21.5 Å². The highest BCUT2D eigenvalue weighted by Crippen LogP contribution is 2.20. The monoisotopic (exact) mass is 434 g/mol. The predicted octanol–water partition coefficient (Wildman–Crippen LogP) is 2.23. The molecule has 0 unspecified atom stereocenters. The summed E-state index contributed by atoms with van der Waals surface area (Å²) in [5.41, 5.74) is 1.62. The average Bonchev–Trinajstić information content (AvgIpc) is 3.27. The minimum Gasteiger partial charge on any atom is -0.345 e. The van der Waals surface area contributed by atoms with E-state index in [0.29, 0.717) is 11.5 Å². The number of halogens is 1. The summed E-state index contributed by atoms with van der Waals surface area (Å²) in [6.07, 6.45) is 0. The molecule has 0 aliphatic rings. The highest BCUT2D eigenvalue weighted by atomic mass is 79.9. The molecule has 0 saturated carbocycles. The number of nitrogens with one attached hydrogen (secondary N) is 2. The molecule has 0 aliphatic carbocycles. The van der Waals surface area contributed by atoms with Crippen molar-refractivity contribution < 1.29 is 9.59 Å². The van der Waals surface area contributed by atoms with Crippen molar-refractivity contribution in [1.82, 2.24) is 25.5 Å². The molecule has 0 spiro atoms. The number of carbonyl (C=O) groups is 2. The van der Waals surface area contributed by atoms with Gasteiger partial charge >= 0.3 is 0 Å². The van der Waals surface area contributed by atoms with E-state index in [0.717, 1.165) is 14.9 Å². The van der Waals surface area contributed by atoms with Crippen molar-refractivity contribution in [3.8, 4) is 10.7 Å². The van der Waals surface area contributed by atoms with E-state index in [-0.39, 0.29) is 24.9 Å². The number of tetrazole rings is 1. The number of aromatic nitrogens is 4. The summed E-state index contributed by atoms with van der Waals surface area (Å²) >= 11 is 4.86. The van der Waals surface area contributed by atoms with Crippen molar-refractivity contribution >= 4 is 44.8 Å². The minimum absolute atomic E-state index is 0.108. The van der Waals surface area contributed by atoms with Crippen LogP contribution in [0.2, 0.25) is 0 Å². The maximum absolute atomic E-state index is 12.0. The topological polar surface area (TPSA) is 102 Å². The summed E-state index contributed by atoms with van der Waals surface area (Å²) in [5, 5.41) is 19.1. The van der Waals surface area contributed by atoms with Gasteiger partial charge in [0.15, 0.2) is 0 Å². The molecule has 0 aliphatic heterocycles. The molecule has 10 heteroatoms. The lowest BCUT2D eigenvalue weighted by atomic mass is 10.2. The molecule has 0 saturated heterocycles. The second-order valence-corrected chi connectivity index (χ2v) is 7.27. The normalized spacial score (nSPS) is 10.5. The van der Waals surface area contributed by atoms with Gasteiger partial charge in [0.05, 0.1) is 11.4 Å². The lowest BCUT2D eigenvalue weighted by Gasteiger charge is -2.09. The Kier molecular flexibility index (Phi) is 5.74. The van der Waals surface area contributed by atoms with Gasteiger partial charge < -0.3 is 10.6 Å². The lowest BCUT2D eigenvalue weighted by Crippen LogP contribution is -2.35. The second-order valence-electron chi connectivity index (χ2n) is 5.40. The Morgan fingerprint density at radius 2 is 2.12 bits per heavy atom. The van der Waals surface area contributed by atoms with E-state index in [1.54, 1.807) is 6.07 Å². The summed E-state index contributed by atoms with van der Waals surface area (Å²) in [4.78, 5) is 26.0. The van der Waals surface area contributed by atoms with E-state index in [4.69, 9.17) is 0 Å². The standard InChI is InChI=1S/C16H15BrN6O2S/c1-10-7-11(17)4-5-12(10)19-14(24)8-18-15(25)9-23-21-16(20-22-23)13-3-2-6-26-13/h2-7H,8-9H2,1H3,(H,18,25)(H,19,24). The predicted molar refractivity (Wildman–Crippen MR) is 102 cm³/mol. The van der Waals surface area contributed by atoms with Crippen molar-refractivity contribution in [3.63, 3.8) is 0 Å². The smallest absolute Gasteiger partial charge is 0.244 e. The van der Waals surface area contributed by atoms with Crippen LogP contribution in [-0.2, 0) is 16.1 Å². The lowest BCUT2D eigenvalue weighted by molar-refractivity contribution is -0.124. The highest BCUT2D eigenvalue weighted by Gasteiger charge is 2.11. The number of benzene rings is 1. The molecular formula is C16H15BrN6O2S. The number of aryl methyl sites for hydroxylation is 1. The fourth-order valence-corrected chi connectivity index (χ4v) is 3.26. The fraction of sp³-hybridized carbons (Fsp3) is 0.188. The highest BCUT2D eigenvalue weighted by molar-refractivity contribution is 9.10. The van der Waals surface area contributed by atoms with Gasteiger partial charge in [0.1, 0.15) is 6.54 Å². The third-order valence-corrected chi connectivity index (χ3v) is 4.75. The first-order chi connectivity index (χ1) is 12.5. The van der Waals surface area contributed by atoms with Crippen molar-refractivity contribution in [2.45, 2.75) is 13.5 Å². The zero-order chi connectivity index (χ0) is 18.5. The largest absolute Gasteiger partial charge is 0.345 e. The SMILES string of the molecule is Cc1cc(Br)ccc1NC(=O)CNC(=O)Cn1nnc(-c2cccs2)n1. The van der Waals surface area contributed by atoms with Gasteiger partial charge in [-0.3, -0.25) is 9.59 Å². The van der Waals surface area contributed by atoms with Crippen LogP contribution in [0.15, 0.2) is 40.2 Å². The molecular weight excluding hydrogens is 420 g/mol. The Morgan fingerprint density at radius 3 is 2.85 bits per heavy atom. The van der Waals surface area contributed by atoms with Gasteiger partial charge in [-0.1, -0.05) is 22.0 Å². The van der Waals surface area contributed by atoms with Gasteiger partial charge in [-0.05, 0) is 47.3 Å². The van der Waals surface area contributed by atoms with Crippen LogP contribution in [0.4, 0.5) is 5.69 Å². The van der Waals surface area contributed by atoms with E-state index >= 15 is 0 Å². The van der Waals surface area contributed by atoms with E-state index in [2.05, 4.69) is 42.0 Å². The number of hydrogen-bond acceptors (Lipinski definition) is 6. The van der Waals surface area contributed by atoms with Gasteiger partial charge in [0.2, 0.25) is 17.6 Å². The number of nitrogens with zero attached hydrogens (tertiary/aromatic N) is 4. The van der Waals surface area contributed by atoms with E-state index < -0.39 is 0 Å². The first-order valence-electron chi connectivity index (χ1n) is 7.65. The van der Waals surface area contributed by atoms with Gasteiger partial charge in [-0.2, -0.15) is 4.80 Å². The number of carbonyl (C=O) groups excluding carboxylic acids is 2. The number of anilines is 1. The minimum atomic E-state index is -0.372. The number of thiophene rings is 1. The summed E-state index contributed by atoms with van der Waals surface area (Å²) in [5.74, 6) is -0.214. The van der Waals surface area contributed by atoms with E-state index in [1.165, 1.54) is 16.1 Å². The quantitative estimate of drug-likeness (QED) is 0.619. The maximum Gasteiger partial charge on any atom is 0.244 e. The molecule has 0 bridgehead atoms. The van der Waals surface area contributed by atoms with Crippen LogP contribution in [-0.4, -0.2) is 38.6 Å². The molecule has 3 rings (SSSR count). The molecule has 0 radical (unpaired) electrons. The molecule has 2 N–H and O–H groups in total. The molecule has 0 atom stereocenters.